The Balaban J connectivity index is 1.31. The number of para-hydroxylation sites is 1. The lowest BCUT2D eigenvalue weighted by Crippen LogP contribution is -2.57. The van der Waals surface area contributed by atoms with Gasteiger partial charge in [-0.3, -0.25) is 14.6 Å². The number of halogens is 1. The number of hydrogen-bond donors (Lipinski definition) is 1. The smallest absolute Gasteiger partial charge is 0.409 e. The predicted molar refractivity (Wildman–Crippen MR) is 193 cm³/mol. The van der Waals surface area contributed by atoms with Crippen LogP contribution in [-0.4, -0.2) is 98.2 Å². The van der Waals surface area contributed by atoms with Crippen molar-refractivity contribution in [2.75, 3.05) is 81.9 Å². The summed E-state index contributed by atoms with van der Waals surface area (Å²) in [4.78, 5) is 51.9. The number of carbonyl (C=O) groups excluding carboxylic acids is 2. The van der Waals surface area contributed by atoms with Crippen LogP contribution in [0, 0.1) is 5.82 Å². The molecule has 1 atom stereocenters. The summed E-state index contributed by atoms with van der Waals surface area (Å²) < 4.78 is 32.0. The molecule has 1 aromatic heterocycles. The number of nitrogens with zero attached hydrogens (tertiary/aromatic N) is 6. The summed E-state index contributed by atoms with van der Waals surface area (Å²) in [5, 5.41) is 5.12. The summed E-state index contributed by atoms with van der Waals surface area (Å²) in [5.41, 5.74) is 0.920. The topological polar surface area (TPSA) is 122 Å². The summed E-state index contributed by atoms with van der Waals surface area (Å²) in [6.07, 6.45) is 3.21. The van der Waals surface area contributed by atoms with E-state index in [-0.39, 0.29) is 11.7 Å². The second kappa shape index (κ2) is 16.1. The van der Waals surface area contributed by atoms with Crippen LogP contribution in [-0.2, 0) is 4.74 Å². The minimum atomic E-state index is -0.845. The molecule has 51 heavy (non-hydrogen) atoms. The molecule has 6 rings (SSSR count). The first kappa shape index (κ1) is 35.5. The number of benzene rings is 3. The first-order chi connectivity index (χ1) is 24.8. The number of fused-ring (bicyclic) bond motifs is 1. The Labute approximate surface area is 296 Å². The molecule has 3 aromatic carbocycles. The standard InChI is InChI=1S/C37H44FN7O6/c1-26(44(32-16-15-29(49-2)25-33(32)50-3)36(47)39-28-13-11-27(38)12-14-28)34-40-31-10-6-5-9-30(31)35(46)45(34)43-21-19-42(20-22-43)37(48)51-24-23-41-17-7-4-8-18-41/h5-6,9-16,25-26H,4,7-8,17-24H2,1-3H3,(H,39,47). The number of nitrogens with one attached hydrogen (secondary N) is 1. The maximum Gasteiger partial charge on any atom is 0.409 e. The van der Waals surface area contributed by atoms with Gasteiger partial charge in [0.15, 0.2) is 5.82 Å². The number of aromatic nitrogens is 2. The van der Waals surface area contributed by atoms with Crippen molar-refractivity contribution in [2.24, 2.45) is 0 Å². The van der Waals surface area contributed by atoms with E-state index in [4.69, 9.17) is 19.2 Å². The van der Waals surface area contributed by atoms with E-state index in [9.17, 15) is 18.8 Å². The van der Waals surface area contributed by atoms with Gasteiger partial charge in [0.05, 0.1) is 49.9 Å². The second-order valence-corrected chi connectivity index (χ2v) is 12.6. The van der Waals surface area contributed by atoms with E-state index in [1.807, 2.05) is 5.01 Å². The molecule has 1 N–H and O–H groups in total. The maximum absolute atomic E-state index is 14.3. The Morgan fingerprint density at radius 2 is 1.65 bits per heavy atom. The van der Waals surface area contributed by atoms with E-state index < -0.39 is 17.9 Å². The summed E-state index contributed by atoms with van der Waals surface area (Å²) in [6.45, 7) is 6.20. The highest BCUT2D eigenvalue weighted by atomic mass is 19.1. The van der Waals surface area contributed by atoms with Gasteiger partial charge in [0.2, 0.25) is 0 Å². The molecule has 2 aliphatic heterocycles. The van der Waals surface area contributed by atoms with E-state index >= 15 is 0 Å². The SMILES string of the molecule is COc1ccc(N(C(=O)Nc2ccc(F)cc2)C(C)c2nc3ccccc3c(=O)n2N2CCN(C(=O)OCCN3CCCCC3)CC2)c(OC)c1. The monoisotopic (exact) mass is 701 g/mol. The Morgan fingerprint density at radius 1 is 0.922 bits per heavy atom. The summed E-state index contributed by atoms with van der Waals surface area (Å²) in [5.74, 6) is 0.719. The van der Waals surface area contributed by atoms with Crippen LogP contribution in [0.3, 0.4) is 0 Å². The Bertz CT molecular complexity index is 1890. The molecule has 3 amide bonds. The molecule has 2 fully saturated rings. The molecular weight excluding hydrogens is 657 g/mol. The quantitative estimate of drug-likeness (QED) is 0.237. The molecule has 2 aliphatic rings. The van der Waals surface area contributed by atoms with Gasteiger partial charge in [0.1, 0.15) is 23.9 Å². The Kier molecular flexibility index (Phi) is 11.2. The highest BCUT2D eigenvalue weighted by molar-refractivity contribution is 6.03. The van der Waals surface area contributed by atoms with Crippen LogP contribution >= 0.6 is 0 Å². The minimum absolute atomic E-state index is 0.295. The lowest BCUT2D eigenvalue weighted by molar-refractivity contribution is 0.0836. The van der Waals surface area contributed by atoms with Crippen molar-refractivity contribution >= 4 is 34.4 Å². The molecule has 4 aromatic rings. The number of ether oxygens (including phenoxy) is 3. The number of amides is 3. The van der Waals surface area contributed by atoms with Crippen LogP contribution in [0.5, 0.6) is 11.5 Å². The van der Waals surface area contributed by atoms with Gasteiger partial charge in [0.25, 0.3) is 5.56 Å². The van der Waals surface area contributed by atoms with Crippen molar-refractivity contribution in [1.29, 1.82) is 0 Å². The van der Waals surface area contributed by atoms with Crippen LogP contribution in [0.1, 0.15) is 38.1 Å². The number of rotatable bonds is 10. The number of piperazine rings is 1. The summed E-state index contributed by atoms with van der Waals surface area (Å²) >= 11 is 0. The van der Waals surface area contributed by atoms with Gasteiger partial charge in [-0.15, -0.1) is 0 Å². The fourth-order valence-corrected chi connectivity index (χ4v) is 6.61. The third-order valence-electron chi connectivity index (χ3n) is 9.38. The fourth-order valence-electron chi connectivity index (χ4n) is 6.61. The number of methoxy groups -OCH3 is 2. The van der Waals surface area contributed by atoms with Gasteiger partial charge in [-0.25, -0.2) is 23.6 Å². The third-order valence-corrected chi connectivity index (χ3v) is 9.38. The number of piperidine rings is 1. The van der Waals surface area contributed by atoms with Crippen molar-refractivity contribution < 1.29 is 28.2 Å². The molecule has 1 unspecified atom stereocenters. The van der Waals surface area contributed by atoms with E-state index in [1.54, 1.807) is 54.3 Å². The number of urea groups is 1. The summed E-state index contributed by atoms with van der Waals surface area (Å²) in [7, 11) is 3.02. The minimum Gasteiger partial charge on any atom is -0.497 e. The molecule has 0 saturated carbocycles. The molecule has 13 nitrogen and oxygen atoms in total. The lowest BCUT2D eigenvalue weighted by atomic mass is 10.1. The Morgan fingerprint density at radius 3 is 2.35 bits per heavy atom. The van der Waals surface area contributed by atoms with Crippen LogP contribution in [0.25, 0.3) is 10.9 Å². The molecule has 0 spiro atoms. The molecule has 3 heterocycles. The van der Waals surface area contributed by atoms with Crippen molar-refractivity contribution in [1.82, 2.24) is 19.5 Å². The van der Waals surface area contributed by atoms with Crippen molar-refractivity contribution in [3.05, 3.63) is 88.7 Å². The zero-order valence-electron chi connectivity index (χ0n) is 29.2. The average molecular weight is 702 g/mol. The molecule has 0 radical (unpaired) electrons. The van der Waals surface area contributed by atoms with Crippen LogP contribution in [0.15, 0.2) is 71.5 Å². The average Bonchev–Trinajstić information content (AvgIpc) is 3.16. The van der Waals surface area contributed by atoms with Crippen molar-refractivity contribution in [3.8, 4) is 11.5 Å². The van der Waals surface area contributed by atoms with Crippen molar-refractivity contribution in [2.45, 2.75) is 32.2 Å². The second-order valence-electron chi connectivity index (χ2n) is 12.6. The zero-order valence-corrected chi connectivity index (χ0v) is 29.2. The molecule has 0 aliphatic carbocycles. The van der Waals surface area contributed by atoms with Crippen LogP contribution < -0.4 is 30.3 Å². The zero-order chi connectivity index (χ0) is 35.9. The Hall–Kier alpha value is -5.37. The molecule has 0 bridgehead atoms. The predicted octanol–water partition coefficient (Wildman–Crippen LogP) is 5.23. The lowest BCUT2D eigenvalue weighted by Gasteiger charge is -2.39. The molecule has 2 saturated heterocycles. The number of hydrogen-bond acceptors (Lipinski definition) is 9. The van der Waals surface area contributed by atoms with E-state index in [0.717, 1.165) is 19.6 Å². The van der Waals surface area contributed by atoms with Gasteiger partial charge in [-0.05, 0) is 81.4 Å². The molecular formula is C37H44FN7O6. The van der Waals surface area contributed by atoms with Gasteiger partial charge in [-0.1, -0.05) is 18.6 Å². The van der Waals surface area contributed by atoms with Gasteiger partial charge in [0, 0.05) is 31.4 Å². The maximum atomic E-state index is 14.3. The van der Waals surface area contributed by atoms with Crippen LogP contribution in [0.4, 0.5) is 25.4 Å². The van der Waals surface area contributed by atoms with Crippen LogP contribution in [0.2, 0.25) is 0 Å². The van der Waals surface area contributed by atoms with Gasteiger partial charge in [-0.2, -0.15) is 0 Å². The molecule has 14 heteroatoms. The summed E-state index contributed by atoms with van der Waals surface area (Å²) in [6, 6.07) is 16.1. The fraction of sp³-hybridized carbons (Fsp3) is 0.405. The third kappa shape index (κ3) is 8.01. The first-order valence-corrected chi connectivity index (χ1v) is 17.3. The highest BCUT2D eigenvalue weighted by Crippen LogP contribution is 2.37. The van der Waals surface area contributed by atoms with Crippen molar-refractivity contribution in [3.63, 3.8) is 0 Å². The normalized spacial score (nSPS) is 15.7. The van der Waals surface area contributed by atoms with E-state index in [0.29, 0.717) is 72.4 Å². The first-order valence-electron chi connectivity index (χ1n) is 17.3. The number of anilines is 2. The van der Waals surface area contributed by atoms with Gasteiger partial charge < -0.3 is 29.4 Å². The number of carbonyl (C=O) groups is 2. The largest absolute Gasteiger partial charge is 0.497 e. The molecule has 270 valence electrons. The van der Waals surface area contributed by atoms with E-state index in [1.165, 1.54) is 67.3 Å². The number of likely N-dealkylation sites (tertiary alicyclic amines) is 1. The van der Waals surface area contributed by atoms with Gasteiger partial charge >= 0.3 is 12.1 Å². The highest BCUT2D eigenvalue weighted by Gasteiger charge is 2.33. The van der Waals surface area contributed by atoms with E-state index in [2.05, 4.69) is 10.2 Å².